The van der Waals surface area contributed by atoms with Gasteiger partial charge in [-0.1, -0.05) is 44.2 Å². The Kier molecular flexibility index (Phi) is 8.72. The van der Waals surface area contributed by atoms with Crippen LogP contribution >= 0.6 is 0 Å². The normalized spacial score (nSPS) is 11.8. The van der Waals surface area contributed by atoms with Crippen molar-refractivity contribution >= 4 is 14.0 Å². The van der Waals surface area contributed by atoms with Crippen LogP contribution in [0.5, 0.6) is 0 Å². The van der Waals surface area contributed by atoms with E-state index in [1.807, 2.05) is 30.3 Å². The average molecular weight is 298 g/mol. The molecule has 0 aliphatic rings. The highest BCUT2D eigenvalue weighted by molar-refractivity contribution is 6.75. The molecule has 4 nitrogen and oxygen atoms in total. The SMILES string of the molecule is CCCO[Si](OCCC)(OCCCO)c1ccccc1. The Morgan fingerprint density at radius 2 is 1.45 bits per heavy atom. The molecule has 0 aliphatic carbocycles. The average Bonchev–Trinajstić information content (AvgIpc) is 2.51. The summed E-state index contributed by atoms with van der Waals surface area (Å²) in [5.74, 6) is 0. The number of benzene rings is 1. The molecule has 0 fully saturated rings. The molecule has 0 amide bonds. The molecule has 0 aromatic heterocycles. The topological polar surface area (TPSA) is 47.9 Å². The van der Waals surface area contributed by atoms with Crippen molar-refractivity contribution in [3.8, 4) is 0 Å². The maximum Gasteiger partial charge on any atom is 0.537 e. The van der Waals surface area contributed by atoms with E-state index in [9.17, 15) is 0 Å². The van der Waals surface area contributed by atoms with Crippen molar-refractivity contribution in [3.05, 3.63) is 30.3 Å². The molecule has 1 aromatic carbocycles. The summed E-state index contributed by atoms with van der Waals surface area (Å²) in [6.07, 6.45) is 2.42. The molecule has 5 heteroatoms. The lowest BCUT2D eigenvalue weighted by atomic mass is 10.4. The molecule has 1 rings (SSSR count). The molecule has 114 valence electrons. The Balaban J connectivity index is 2.90. The van der Waals surface area contributed by atoms with E-state index >= 15 is 0 Å². The molecule has 0 spiro atoms. The first kappa shape index (κ1) is 17.3. The van der Waals surface area contributed by atoms with Crippen LogP contribution in [0.1, 0.15) is 33.1 Å². The lowest BCUT2D eigenvalue weighted by molar-refractivity contribution is 0.0683. The smallest absolute Gasteiger partial charge is 0.396 e. The fourth-order valence-corrected chi connectivity index (χ4v) is 4.47. The van der Waals surface area contributed by atoms with Gasteiger partial charge in [0.25, 0.3) is 0 Å². The predicted octanol–water partition coefficient (Wildman–Crippen LogP) is 2.08. The Bertz CT molecular complexity index is 337. The van der Waals surface area contributed by atoms with Crippen LogP contribution in [0, 0.1) is 0 Å². The largest absolute Gasteiger partial charge is 0.537 e. The van der Waals surface area contributed by atoms with Crippen LogP contribution < -0.4 is 5.19 Å². The maximum absolute atomic E-state index is 8.94. The fraction of sp³-hybridized carbons (Fsp3) is 0.600. The van der Waals surface area contributed by atoms with E-state index in [-0.39, 0.29) is 6.61 Å². The second kappa shape index (κ2) is 10.1. The van der Waals surface area contributed by atoms with E-state index in [4.69, 9.17) is 18.4 Å². The molecular formula is C15H26O4Si. The number of rotatable bonds is 11. The fourth-order valence-electron chi connectivity index (χ4n) is 1.76. The van der Waals surface area contributed by atoms with Gasteiger partial charge in [-0.15, -0.1) is 0 Å². The summed E-state index contributed by atoms with van der Waals surface area (Å²) >= 11 is 0. The molecule has 0 bridgehead atoms. The molecule has 0 heterocycles. The zero-order valence-electron chi connectivity index (χ0n) is 12.5. The predicted molar refractivity (Wildman–Crippen MR) is 82.0 cm³/mol. The van der Waals surface area contributed by atoms with Crippen molar-refractivity contribution in [2.45, 2.75) is 33.1 Å². The third kappa shape index (κ3) is 5.34. The van der Waals surface area contributed by atoms with Gasteiger partial charge >= 0.3 is 8.80 Å². The van der Waals surface area contributed by atoms with Gasteiger partial charge < -0.3 is 18.4 Å². The van der Waals surface area contributed by atoms with E-state index in [1.165, 1.54) is 0 Å². The summed E-state index contributed by atoms with van der Waals surface area (Å²) in [5.41, 5.74) is 0. The quantitative estimate of drug-likeness (QED) is 0.502. The highest BCUT2D eigenvalue weighted by atomic mass is 28.4. The summed E-state index contributed by atoms with van der Waals surface area (Å²) in [5, 5.41) is 9.93. The minimum absolute atomic E-state index is 0.112. The number of hydrogen-bond acceptors (Lipinski definition) is 4. The molecule has 0 saturated heterocycles. The zero-order valence-corrected chi connectivity index (χ0v) is 13.5. The number of hydrogen-bond donors (Lipinski definition) is 1. The van der Waals surface area contributed by atoms with Crippen LogP contribution in [-0.4, -0.2) is 40.3 Å². The van der Waals surface area contributed by atoms with Gasteiger partial charge in [0.15, 0.2) is 0 Å². The van der Waals surface area contributed by atoms with Crippen molar-refractivity contribution in [3.63, 3.8) is 0 Å². The third-order valence-electron chi connectivity index (χ3n) is 2.71. The highest BCUT2D eigenvalue weighted by Gasteiger charge is 2.43. The maximum atomic E-state index is 8.94. The highest BCUT2D eigenvalue weighted by Crippen LogP contribution is 2.12. The molecule has 1 aromatic rings. The summed E-state index contributed by atoms with van der Waals surface area (Å²) in [7, 11) is -2.86. The van der Waals surface area contributed by atoms with Gasteiger partial charge in [-0.2, -0.15) is 0 Å². The Morgan fingerprint density at radius 1 is 0.900 bits per heavy atom. The standard InChI is InChI=1S/C15H26O4Si/c1-3-12-17-20(18-13-4-2,19-14-8-11-16)15-9-6-5-7-10-15/h5-7,9-10,16H,3-4,8,11-14H2,1-2H3. The number of aliphatic hydroxyl groups is 1. The van der Waals surface area contributed by atoms with E-state index in [0.29, 0.717) is 26.2 Å². The minimum Gasteiger partial charge on any atom is -0.396 e. The zero-order chi connectivity index (χ0) is 14.7. The van der Waals surface area contributed by atoms with Crippen molar-refractivity contribution in [1.82, 2.24) is 0 Å². The summed E-state index contributed by atoms with van der Waals surface area (Å²) < 4.78 is 18.0. The van der Waals surface area contributed by atoms with Gasteiger partial charge in [-0.05, 0) is 19.3 Å². The van der Waals surface area contributed by atoms with Gasteiger partial charge in [-0.25, -0.2) is 0 Å². The molecule has 0 saturated carbocycles. The summed E-state index contributed by atoms with van der Waals surface area (Å²) in [6, 6.07) is 9.90. The molecular weight excluding hydrogens is 272 g/mol. The summed E-state index contributed by atoms with van der Waals surface area (Å²) in [6.45, 7) is 5.93. The number of aliphatic hydroxyl groups excluding tert-OH is 1. The second-order valence-electron chi connectivity index (χ2n) is 4.54. The van der Waals surface area contributed by atoms with Gasteiger partial charge in [0, 0.05) is 31.6 Å². The second-order valence-corrected chi connectivity index (χ2v) is 7.10. The molecule has 20 heavy (non-hydrogen) atoms. The minimum atomic E-state index is -2.86. The van der Waals surface area contributed by atoms with Crippen molar-refractivity contribution in [2.75, 3.05) is 26.4 Å². The van der Waals surface area contributed by atoms with Gasteiger partial charge in [0.2, 0.25) is 0 Å². The van der Waals surface area contributed by atoms with E-state index in [1.54, 1.807) is 0 Å². The van der Waals surface area contributed by atoms with Crippen LogP contribution in [-0.2, 0) is 13.3 Å². The molecule has 0 atom stereocenters. The van der Waals surface area contributed by atoms with Gasteiger partial charge in [-0.3, -0.25) is 0 Å². The van der Waals surface area contributed by atoms with Crippen LogP contribution in [0.2, 0.25) is 0 Å². The third-order valence-corrected chi connectivity index (χ3v) is 5.51. The first-order valence-corrected chi connectivity index (χ1v) is 9.09. The lowest BCUT2D eigenvalue weighted by Crippen LogP contribution is -2.57. The van der Waals surface area contributed by atoms with E-state index in [0.717, 1.165) is 18.0 Å². The van der Waals surface area contributed by atoms with Crippen LogP contribution in [0.15, 0.2) is 30.3 Å². The van der Waals surface area contributed by atoms with Crippen LogP contribution in [0.25, 0.3) is 0 Å². The Morgan fingerprint density at radius 3 is 1.95 bits per heavy atom. The van der Waals surface area contributed by atoms with Crippen molar-refractivity contribution in [2.24, 2.45) is 0 Å². The molecule has 0 radical (unpaired) electrons. The van der Waals surface area contributed by atoms with E-state index in [2.05, 4.69) is 13.8 Å². The van der Waals surface area contributed by atoms with Gasteiger partial charge in [0.1, 0.15) is 0 Å². The first-order chi connectivity index (χ1) is 9.79. The van der Waals surface area contributed by atoms with Crippen LogP contribution in [0.4, 0.5) is 0 Å². The Hall–Kier alpha value is -0.723. The first-order valence-electron chi connectivity index (χ1n) is 7.37. The Labute approximate surface area is 123 Å². The lowest BCUT2D eigenvalue weighted by Gasteiger charge is -2.29. The van der Waals surface area contributed by atoms with Gasteiger partial charge in [0.05, 0.1) is 0 Å². The molecule has 0 unspecified atom stereocenters. The van der Waals surface area contributed by atoms with Crippen LogP contribution in [0.3, 0.4) is 0 Å². The monoisotopic (exact) mass is 298 g/mol. The van der Waals surface area contributed by atoms with E-state index < -0.39 is 8.80 Å². The molecule has 1 N–H and O–H groups in total. The molecule has 0 aliphatic heterocycles. The van der Waals surface area contributed by atoms with Crippen molar-refractivity contribution < 1.29 is 18.4 Å². The summed E-state index contributed by atoms with van der Waals surface area (Å²) in [4.78, 5) is 0. The van der Waals surface area contributed by atoms with Crippen molar-refractivity contribution in [1.29, 1.82) is 0 Å².